The van der Waals surface area contributed by atoms with Gasteiger partial charge in [0.2, 0.25) is 0 Å². The van der Waals surface area contributed by atoms with Gasteiger partial charge in [-0.3, -0.25) is 0 Å². The molecule has 0 radical (unpaired) electrons. The lowest BCUT2D eigenvalue weighted by Crippen LogP contribution is -2.44. The SMILES string of the molecule is CSC1(CNC(=O)NCC(O)C(=O)O)CC1. The summed E-state index contributed by atoms with van der Waals surface area (Å²) in [5.74, 6) is -1.34. The molecule has 0 bridgehead atoms. The number of amides is 2. The van der Waals surface area contributed by atoms with Crippen molar-refractivity contribution < 1.29 is 19.8 Å². The lowest BCUT2D eigenvalue weighted by molar-refractivity contribution is -0.146. The molecule has 92 valence electrons. The molecule has 0 aliphatic heterocycles. The van der Waals surface area contributed by atoms with Crippen LogP contribution in [0.4, 0.5) is 4.79 Å². The van der Waals surface area contributed by atoms with Gasteiger partial charge in [-0.25, -0.2) is 9.59 Å². The van der Waals surface area contributed by atoms with E-state index in [2.05, 4.69) is 10.6 Å². The van der Waals surface area contributed by atoms with E-state index in [1.807, 2.05) is 6.26 Å². The maximum Gasteiger partial charge on any atom is 0.334 e. The van der Waals surface area contributed by atoms with Crippen molar-refractivity contribution in [3.05, 3.63) is 0 Å². The maximum absolute atomic E-state index is 11.2. The van der Waals surface area contributed by atoms with Gasteiger partial charge in [0.1, 0.15) is 0 Å². The number of hydrogen-bond donors (Lipinski definition) is 4. The highest BCUT2D eigenvalue weighted by molar-refractivity contribution is 8.00. The molecule has 1 unspecified atom stereocenters. The van der Waals surface area contributed by atoms with Crippen LogP contribution in [0.1, 0.15) is 12.8 Å². The van der Waals surface area contributed by atoms with Crippen LogP contribution < -0.4 is 10.6 Å². The first-order chi connectivity index (χ1) is 7.49. The molecule has 0 heterocycles. The molecule has 1 aliphatic rings. The Bertz CT molecular complexity index is 281. The first kappa shape index (κ1) is 13.1. The topological polar surface area (TPSA) is 98.7 Å². The molecule has 16 heavy (non-hydrogen) atoms. The number of urea groups is 1. The monoisotopic (exact) mass is 248 g/mol. The van der Waals surface area contributed by atoms with Gasteiger partial charge >= 0.3 is 12.0 Å². The molecule has 0 aromatic heterocycles. The normalized spacial score (nSPS) is 18.6. The zero-order valence-corrected chi connectivity index (χ0v) is 9.84. The van der Waals surface area contributed by atoms with E-state index < -0.39 is 18.1 Å². The molecule has 0 aromatic carbocycles. The van der Waals surface area contributed by atoms with Crippen LogP contribution >= 0.6 is 11.8 Å². The van der Waals surface area contributed by atoms with Crippen LogP contribution in [0.5, 0.6) is 0 Å². The molecule has 1 atom stereocenters. The summed E-state index contributed by atoms with van der Waals surface area (Å²) in [7, 11) is 0. The number of carboxylic acids is 1. The van der Waals surface area contributed by atoms with Gasteiger partial charge in [0.05, 0.1) is 6.54 Å². The van der Waals surface area contributed by atoms with Gasteiger partial charge in [-0.2, -0.15) is 11.8 Å². The molecular weight excluding hydrogens is 232 g/mol. The molecule has 1 aliphatic carbocycles. The van der Waals surface area contributed by atoms with Gasteiger partial charge in [0.15, 0.2) is 6.10 Å². The van der Waals surface area contributed by atoms with Crippen LogP contribution in [0.3, 0.4) is 0 Å². The van der Waals surface area contributed by atoms with Crippen molar-refractivity contribution in [1.82, 2.24) is 10.6 Å². The van der Waals surface area contributed by atoms with E-state index >= 15 is 0 Å². The van der Waals surface area contributed by atoms with Crippen LogP contribution in [0.15, 0.2) is 0 Å². The van der Waals surface area contributed by atoms with Gasteiger partial charge in [-0.15, -0.1) is 0 Å². The van der Waals surface area contributed by atoms with Crippen LogP contribution in [0.2, 0.25) is 0 Å². The molecule has 0 aromatic rings. The van der Waals surface area contributed by atoms with Gasteiger partial charge in [0.25, 0.3) is 0 Å². The van der Waals surface area contributed by atoms with Gasteiger partial charge in [-0.05, 0) is 19.1 Å². The number of carbonyl (C=O) groups excluding carboxylic acids is 1. The third kappa shape index (κ3) is 3.90. The van der Waals surface area contributed by atoms with Crippen molar-refractivity contribution in [3.63, 3.8) is 0 Å². The van der Waals surface area contributed by atoms with Crippen LogP contribution in [0.25, 0.3) is 0 Å². The van der Waals surface area contributed by atoms with Crippen LogP contribution in [0, 0.1) is 0 Å². The summed E-state index contributed by atoms with van der Waals surface area (Å²) in [4.78, 5) is 21.5. The van der Waals surface area contributed by atoms with Crippen molar-refractivity contribution >= 4 is 23.8 Å². The number of aliphatic carboxylic acids is 1. The summed E-state index contributed by atoms with van der Waals surface area (Å²) in [5, 5.41) is 22.2. The molecular formula is C9H16N2O4S. The van der Waals surface area contributed by atoms with Crippen LogP contribution in [-0.4, -0.2) is 52.4 Å². The summed E-state index contributed by atoms with van der Waals surface area (Å²) in [6.07, 6.45) is 2.63. The molecule has 2 amide bonds. The lowest BCUT2D eigenvalue weighted by Gasteiger charge is -2.14. The van der Waals surface area contributed by atoms with Crippen molar-refractivity contribution in [2.24, 2.45) is 0 Å². The van der Waals surface area contributed by atoms with E-state index in [0.29, 0.717) is 6.54 Å². The van der Waals surface area contributed by atoms with Crippen LogP contribution in [-0.2, 0) is 4.79 Å². The average Bonchev–Trinajstić information content (AvgIpc) is 3.03. The van der Waals surface area contributed by atoms with E-state index in [9.17, 15) is 9.59 Å². The number of nitrogens with one attached hydrogen (secondary N) is 2. The minimum Gasteiger partial charge on any atom is -0.479 e. The Labute approximate surface area is 97.8 Å². The Kier molecular flexibility index (Phi) is 4.43. The summed E-state index contributed by atoms with van der Waals surface area (Å²) in [6, 6.07) is -0.444. The van der Waals surface area contributed by atoms with E-state index in [1.165, 1.54) is 0 Å². The Morgan fingerprint density at radius 3 is 2.50 bits per heavy atom. The maximum atomic E-state index is 11.2. The number of thioether (sulfide) groups is 1. The average molecular weight is 248 g/mol. The summed E-state index contributed by atoms with van der Waals surface area (Å²) >= 11 is 1.72. The third-order valence-electron chi connectivity index (χ3n) is 2.55. The second-order valence-electron chi connectivity index (χ2n) is 3.80. The fourth-order valence-electron chi connectivity index (χ4n) is 1.17. The number of aliphatic hydroxyl groups is 1. The fraction of sp³-hybridized carbons (Fsp3) is 0.778. The number of rotatable bonds is 6. The van der Waals surface area contributed by atoms with Gasteiger partial charge in [-0.1, -0.05) is 0 Å². The first-order valence-electron chi connectivity index (χ1n) is 4.97. The molecule has 1 rings (SSSR count). The Morgan fingerprint density at radius 1 is 1.44 bits per heavy atom. The van der Waals surface area contributed by atoms with Crippen molar-refractivity contribution in [2.75, 3.05) is 19.3 Å². The van der Waals surface area contributed by atoms with E-state index in [1.54, 1.807) is 11.8 Å². The molecule has 7 heteroatoms. The predicted molar refractivity (Wildman–Crippen MR) is 60.5 cm³/mol. The highest BCUT2D eigenvalue weighted by Crippen LogP contribution is 2.46. The minimum absolute atomic E-state index is 0.169. The molecule has 1 fully saturated rings. The Morgan fingerprint density at radius 2 is 2.06 bits per heavy atom. The first-order valence-corrected chi connectivity index (χ1v) is 6.19. The highest BCUT2D eigenvalue weighted by Gasteiger charge is 2.41. The highest BCUT2D eigenvalue weighted by atomic mass is 32.2. The zero-order valence-electron chi connectivity index (χ0n) is 9.02. The zero-order chi connectivity index (χ0) is 12.2. The Hall–Kier alpha value is -0.950. The third-order valence-corrected chi connectivity index (χ3v) is 3.97. The Balaban J connectivity index is 2.14. The summed E-state index contributed by atoms with van der Waals surface area (Å²) < 4.78 is 0.169. The molecule has 6 nitrogen and oxygen atoms in total. The van der Waals surface area contributed by atoms with Gasteiger partial charge < -0.3 is 20.8 Å². The summed E-state index contributed by atoms with van der Waals surface area (Å²) in [5.41, 5.74) is 0. The lowest BCUT2D eigenvalue weighted by atomic mass is 10.3. The van der Waals surface area contributed by atoms with Crippen molar-refractivity contribution in [3.8, 4) is 0 Å². The van der Waals surface area contributed by atoms with E-state index in [0.717, 1.165) is 12.8 Å². The standard InChI is InChI=1S/C9H16N2O4S/c1-16-9(2-3-9)5-11-8(15)10-4-6(12)7(13)14/h6,12H,2-5H2,1H3,(H,13,14)(H2,10,11,15). The van der Waals surface area contributed by atoms with Crippen molar-refractivity contribution in [2.45, 2.75) is 23.7 Å². The number of carbonyl (C=O) groups is 2. The number of aliphatic hydroxyl groups excluding tert-OH is 1. The predicted octanol–water partition coefficient (Wildman–Crippen LogP) is -0.373. The van der Waals surface area contributed by atoms with Crippen molar-refractivity contribution in [1.29, 1.82) is 0 Å². The molecule has 0 saturated heterocycles. The molecule has 4 N–H and O–H groups in total. The smallest absolute Gasteiger partial charge is 0.334 e. The quantitative estimate of drug-likeness (QED) is 0.514. The summed E-state index contributed by atoms with van der Waals surface area (Å²) in [6.45, 7) is 0.288. The van der Waals surface area contributed by atoms with Gasteiger partial charge in [0, 0.05) is 11.3 Å². The molecule has 1 saturated carbocycles. The largest absolute Gasteiger partial charge is 0.479 e. The fourth-order valence-corrected chi connectivity index (χ4v) is 1.90. The minimum atomic E-state index is -1.55. The molecule has 0 spiro atoms. The number of hydrogen-bond acceptors (Lipinski definition) is 4. The second kappa shape index (κ2) is 5.40. The second-order valence-corrected chi connectivity index (χ2v) is 5.08. The number of carboxylic acid groups (broad SMARTS) is 1. The van der Waals surface area contributed by atoms with E-state index in [4.69, 9.17) is 10.2 Å². The van der Waals surface area contributed by atoms with E-state index in [-0.39, 0.29) is 11.3 Å².